The van der Waals surface area contributed by atoms with Crippen LogP contribution in [0.4, 0.5) is 0 Å². The van der Waals surface area contributed by atoms with E-state index in [1.807, 2.05) is 62.3 Å². The molecule has 1 amide bonds. The predicted molar refractivity (Wildman–Crippen MR) is 139 cm³/mol. The lowest BCUT2D eigenvalue weighted by Gasteiger charge is -2.27. The summed E-state index contributed by atoms with van der Waals surface area (Å²) in [4.78, 5) is 30.0. The van der Waals surface area contributed by atoms with Gasteiger partial charge in [0.15, 0.2) is 0 Å². The molecule has 7 heteroatoms. The fourth-order valence-corrected chi connectivity index (χ4v) is 4.81. The highest BCUT2D eigenvalue weighted by atomic mass is 16.5. The van der Waals surface area contributed by atoms with Gasteiger partial charge >= 0.3 is 0 Å². The molecule has 1 fully saturated rings. The molecule has 2 aliphatic rings. The van der Waals surface area contributed by atoms with Gasteiger partial charge in [-0.1, -0.05) is 31.9 Å². The van der Waals surface area contributed by atoms with Crippen molar-refractivity contribution >= 4 is 17.4 Å². The zero-order valence-corrected chi connectivity index (χ0v) is 21.6. The van der Waals surface area contributed by atoms with Crippen molar-refractivity contribution in [3.8, 4) is 11.5 Å². The van der Waals surface area contributed by atoms with Crippen LogP contribution in [0.2, 0.25) is 0 Å². The van der Waals surface area contributed by atoms with Crippen molar-refractivity contribution in [3.05, 3.63) is 64.7 Å². The molecule has 7 nitrogen and oxygen atoms in total. The first-order chi connectivity index (χ1) is 17.3. The van der Waals surface area contributed by atoms with E-state index in [0.29, 0.717) is 31.0 Å². The van der Waals surface area contributed by atoms with Crippen molar-refractivity contribution < 1.29 is 24.2 Å². The summed E-state index contributed by atoms with van der Waals surface area (Å²) in [5.74, 6) is 0.0363. The van der Waals surface area contributed by atoms with E-state index in [1.54, 1.807) is 11.0 Å². The molecule has 1 N–H and O–H groups in total. The van der Waals surface area contributed by atoms with Crippen LogP contribution in [-0.2, 0) is 16.0 Å². The van der Waals surface area contributed by atoms with Gasteiger partial charge in [-0.2, -0.15) is 0 Å². The number of aliphatic hydroxyl groups is 1. The van der Waals surface area contributed by atoms with Crippen molar-refractivity contribution in [2.45, 2.75) is 51.7 Å². The molecule has 0 aromatic heterocycles. The van der Waals surface area contributed by atoms with Crippen molar-refractivity contribution in [1.82, 2.24) is 9.80 Å². The third-order valence-corrected chi connectivity index (χ3v) is 6.69. The molecule has 0 radical (unpaired) electrons. The van der Waals surface area contributed by atoms with Gasteiger partial charge in [0.1, 0.15) is 23.4 Å². The summed E-state index contributed by atoms with van der Waals surface area (Å²) in [6, 6.07) is 12.2. The number of Topliss-reactive ketones (excluding diaryl/α,β-unsaturated/α-hetero) is 1. The average Bonchev–Trinajstić information content (AvgIpc) is 3.35. The van der Waals surface area contributed by atoms with Gasteiger partial charge in [-0.25, -0.2) is 0 Å². The minimum Gasteiger partial charge on any atom is -0.507 e. The first-order valence-corrected chi connectivity index (χ1v) is 12.8. The second-order valence-corrected chi connectivity index (χ2v) is 9.88. The van der Waals surface area contributed by atoms with E-state index in [0.717, 1.165) is 42.6 Å². The predicted octanol–water partition coefficient (Wildman–Crippen LogP) is 4.56. The SMILES string of the molecule is CCCCCOc1cccc(C2C(=C(O)c3ccc4c(c3)CC(C)O4)C(=O)C(=O)N2CCN(C)C)c1. The van der Waals surface area contributed by atoms with Crippen LogP contribution < -0.4 is 9.47 Å². The van der Waals surface area contributed by atoms with Crippen molar-refractivity contribution in [2.24, 2.45) is 0 Å². The number of hydrogen-bond donors (Lipinski definition) is 1. The summed E-state index contributed by atoms with van der Waals surface area (Å²) in [6.45, 7) is 5.69. The summed E-state index contributed by atoms with van der Waals surface area (Å²) in [5, 5.41) is 11.4. The maximum absolute atomic E-state index is 13.3. The number of amides is 1. The highest BCUT2D eigenvalue weighted by Gasteiger charge is 2.46. The molecule has 0 spiro atoms. The van der Waals surface area contributed by atoms with E-state index < -0.39 is 17.7 Å². The van der Waals surface area contributed by atoms with Gasteiger partial charge in [0.2, 0.25) is 0 Å². The summed E-state index contributed by atoms with van der Waals surface area (Å²) in [7, 11) is 3.84. The number of likely N-dealkylation sites (tertiary alicyclic amines) is 1. The fraction of sp³-hybridized carbons (Fsp3) is 0.448. The number of ketones is 1. The zero-order chi connectivity index (χ0) is 25.8. The normalized spacial score (nSPS) is 20.6. The quantitative estimate of drug-likeness (QED) is 0.227. The minimum absolute atomic E-state index is 0.0640. The van der Waals surface area contributed by atoms with E-state index in [9.17, 15) is 14.7 Å². The van der Waals surface area contributed by atoms with Crippen LogP contribution in [0.15, 0.2) is 48.0 Å². The Balaban J connectivity index is 1.74. The molecule has 192 valence electrons. The Morgan fingerprint density at radius 1 is 1.17 bits per heavy atom. The number of nitrogens with zero attached hydrogens (tertiary/aromatic N) is 2. The van der Waals surface area contributed by atoms with Crippen LogP contribution in [-0.4, -0.2) is 66.5 Å². The molecule has 2 aromatic carbocycles. The lowest BCUT2D eigenvalue weighted by atomic mass is 9.94. The van der Waals surface area contributed by atoms with Gasteiger partial charge in [0.05, 0.1) is 18.2 Å². The number of aliphatic hydroxyl groups excluding tert-OH is 1. The molecule has 2 aromatic rings. The van der Waals surface area contributed by atoms with Crippen LogP contribution in [0, 0.1) is 0 Å². The Kier molecular flexibility index (Phi) is 7.99. The van der Waals surface area contributed by atoms with E-state index in [2.05, 4.69) is 6.92 Å². The van der Waals surface area contributed by atoms with Gasteiger partial charge < -0.3 is 24.4 Å². The second-order valence-electron chi connectivity index (χ2n) is 9.88. The molecular formula is C29H36N2O5. The molecule has 2 heterocycles. The molecule has 2 unspecified atom stereocenters. The topological polar surface area (TPSA) is 79.3 Å². The molecule has 0 bridgehead atoms. The monoisotopic (exact) mass is 492 g/mol. The van der Waals surface area contributed by atoms with E-state index in [4.69, 9.17) is 9.47 Å². The van der Waals surface area contributed by atoms with Crippen molar-refractivity contribution in [1.29, 1.82) is 0 Å². The number of rotatable bonds is 10. The number of hydrogen-bond acceptors (Lipinski definition) is 6. The Hall–Kier alpha value is -3.32. The number of fused-ring (bicyclic) bond motifs is 1. The Bertz CT molecular complexity index is 1160. The van der Waals surface area contributed by atoms with Gasteiger partial charge in [-0.3, -0.25) is 9.59 Å². The van der Waals surface area contributed by atoms with Gasteiger partial charge in [-0.05, 0) is 68.9 Å². The van der Waals surface area contributed by atoms with E-state index in [-0.39, 0.29) is 17.4 Å². The molecule has 0 saturated carbocycles. The summed E-state index contributed by atoms with van der Waals surface area (Å²) < 4.78 is 11.7. The first-order valence-electron chi connectivity index (χ1n) is 12.8. The number of ether oxygens (including phenoxy) is 2. The van der Waals surface area contributed by atoms with Crippen LogP contribution in [0.25, 0.3) is 5.76 Å². The lowest BCUT2D eigenvalue weighted by molar-refractivity contribution is -0.140. The summed E-state index contributed by atoms with van der Waals surface area (Å²) >= 11 is 0. The molecule has 2 aliphatic heterocycles. The smallest absolute Gasteiger partial charge is 0.295 e. The van der Waals surface area contributed by atoms with Crippen molar-refractivity contribution in [2.75, 3.05) is 33.8 Å². The third-order valence-electron chi connectivity index (χ3n) is 6.69. The van der Waals surface area contributed by atoms with Gasteiger partial charge in [-0.15, -0.1) is 0 Å². The molecule has 36 heavy (non-hydrogen) atoms. The Labute approximate surface area is 213 Å². The van der Waals surface area contributed by atoms with Gasteiger partial charge in [0.25, 0.3) is 11.7 Å². The van der Waals surface area contributed by atoms with Crippen LogP contribution in [0.3, 0.4) is 0 Å². The zero-order valence-electron chi connectivity index (χ0n) is 21.6. The Morgan fingerprint density at radius 3 is 2.72 bits per heavy atom. The molecular weight excluding hydrogens is 456 g/mol. The molecule has 4 rings (SSSR count). The molecule has 1 saturated heterocycles. The number of carbonyl (C=O) groups is 2. The number of unbranched alkanes of at least 4 members (excludes halogenated alkanes) is 2. The average molecular weight is 493 g/mol. The fourth-order valence-electron chi connectivity index (χ4n) is 4.81. The minimum atomic E-state index is -0.701. The van der Waals surface area contributed by atoms with Crippen LogP contribution >= 0.6 is 0 Å². The standard InChI is InChI=1S/C29H36N2O5/c1-5-6-7-15-35-23-10-8-9-20(18-23)26-25(28(33)29(34)31(26)14-13-30(3)4)27(32)21-11-12-24-22(17-21)16-19(2)36-24/h8-12,17-19,26,32H,5-7,13-16H2,1-4H3. The highest BCUT2D eigenvalue weighted by Crippen LogP contribution is 2.41. The highest BCUT2D eigenvalue weighted by molar-refractivity contribution is 6.46. The maximum atomic E-state index is 13.3. The van der Waals surface area contributed by atoms with Gasteiger partial charge in [0, 0.05) is 25.1 Å². The largest absolute Gasteiger partial charge is 0.507 e. The number of benzene rings is 2. The van der Waals surface area contributed by atoms with Crippen LogP contribution in [0.1, 0.15) is 55.8 Å². The first kappa shape index (κ1) is 25.8. The van der Waals surface area contributed by atoms with E-state index in [1.165, 1.54) is 0 Å². The van der Waals surface area contributed by atoms with Crippen LogP contribution in [0.5, 0.6) is 11.5 Å². The third kappa shape index (κ3) is 5.41. The summed E-state index contributed by atoms with van der Waals surface area (Å²) in [5.41, 5.74) is 2.33. The molecule has 2 atom stereocenters. The molecule has 0 aliphatic carbocycles. The Morgan fingerprint density at radius 2 is 1.97 bits per heavy atom. The maximum Gasteiger partial charge on any atom is 0.295 e. The van der Waals surface area contributed by atoms with Crippen molar-refractivity contribution in [3.63, 3.8) is 0 Å². The number of carbonyl (C=O) groups excluding carboxylic acids is 2. The number of likely N-dealkylation sites (N-methyl/N-ethyl adjacent to an activating group) is 1. The lowest BCUT2D eigenvalue weighted by Crippen LogP contribution is -2.35. The van der Waals surface area contributed by atoms with E-state index >= 15 is 0 Å². The summed E-state index contributed by atoms with van der Waals surface area (Å²) in [6.07, 6.45) is 3.96. The second kappa shape index (κ2) is 11.2.